The van der Waals surface area contributed by atoms with Crippen molar-refractivity contribution in [2.75, 3.05) is 0 Å². The van der Waals surface area contributed by atoms with Gasteiger partial charge in [0.25, 0.3) is 0 Å². The normalized spacial score (nSPS) is 12.0. The number of hydrogen-bond donors (Lipinski definition) is 1. The number of benzene rings is 1. The summed E-state index contributed by atoms with van der Waals surface area (Å²) < 4.78 is 1.95. The molecule has 2 aromatic heterocycles. The number of hydrogen-bond acceptors (Lipinski definition) is 3. The Hall–Kier alpha value is -2.20. The fraction of sp³-hybridized carbons (Fsp3) is 0.294. The van der Waals surface area contributed by atoms with Gasteiger partial charge in [-0.2, -0.15) is 0 Å². The Morgan fingerprint density at radius 2 is 1.86 bits per heavy atom. The third kappa shape index (κ3) is 2.43. The smallest absolute Gasteiger partial charge is 0.234 e. The van der Waals surface area contributed by atoms with E-state index in [4.69, 9.17) is 5.73 Å². The standard InChI is InChI=1S/C17H20N4/c1-17(2,3)13-7-5-12(6-8-13)15-14(11-18)21-10-4-9-19-16(21)20-15/h4-10H,11,18H2,1-3H3. The highest BCUT2D eigenvalue weighted by molar-refractivity contribution is 5.65. The van der Waals surface area contributed by atoms with Crippen LogP contribution in [0.15, 0.2) is 42.7 Å². The van der Waals surface area contributed by atoms with Crippen molar-refractivity contribution >= 4 is 5.78 Å². The Morgan fingerprint density at radius 1 is 1.14 bits per heavy atom. The second kappa shape index (κ2) is 4.97. The monoisotopic (exact) mass is 280 g/mol. The molecule has 0 aliphatic carbocycles. The summed E-state index contributed by atoms with van der Waals surface area (Å²) in [4.78, 5) is 8.91. The summed E-state index contributed by atoms with van der Waals surface area (Å²) in [6.45, 7) is 7.07. The molecule has 3 rings (SSSR count). The quantitative estimate of drug-likeness (QED) is 0.784. The highest BCUT2D eigenvalue weighted by Gasteiger charge is 2.16. The molecule has 21 heavy (non-hydrogen) atoms. The number of aromatic nitrogens is 3. The zero-order valence-corrected chi connectivity index (χ0v) is 12.7. The van der Waals surface area contributed by atoms with Crippen molar-refractivity contribution in [1.29, 1.82) is 0 Å². The lowest BCUT2D eigenvalue weighted by molar-refractivity contribution is 0.590. The minimum absolute atomic E-state index is 0.149. The Morgan fingerprint density at radius 3 is 2.48 bits per heavy atom. The maximum atomic E-state index is 5.91. The molecule has 2 N–H and O–H groups in total. The van der Waals surface area contributed by atoms with Gasteiger partial charge in [-0.15, -0.1) is 0 Å². The molecule has 4 nitrogen and oxygen atoms in total. The predicted molar refractivity (Wildman–Crippen MR) is 85.0 cm³/mol. The van der Waals surface area contributed by atoms with Crippen LogP contribution < -0.4 is 5.73 Å². The van der Waals surface area contributed by atoms with Gasteiger partial charge in [0.15, 0.2) is 0 Å². The van der Waals surface area contributed by atoms with Crippen LogP contribution in [0.3, 0.4) is 0 Å². The third-order valence-electron chi connectivity index (χ3n) is 3.72. The van der Waals surface area contributed by atoms with Crippen molar-refractivity contribution in [3.8, 4) is 11.3 Å². The van der Waals surface area contributed by atoms with Gasteiger partial charge in [0.2, 0.25) is 5.78 Å². The predicted octanol–water partition coefficient (Wildman–Crippen LogP) is 3.15. The molecule has 0 unspecified atom stereocenters. The van der Waals surface area contributed by atoms with E-state index in [1.165, 1.54) is 5.56 Å². The minimum atomic E-state index is 0.149. The maximum Gasteiger partial charge on any atom is 0.234 e. The first-order valence-corrected chi connectivity index (χ1v) is 7.13. The van der Waals surface area contributed by atoms with Crippen LogP contribution >= 0.6 is 0 Å². The molecule has 1 aromatic carbocycles. The van der Waals surface area contributed by atoms with Crippen LogP contribution in [0, 0.1) is 0 Å². The zero-order valence-electron chi connectivity index (χ0n) is 12.7. The largest absolute Gasteiger partial charge is 0.325 e. The molecule has 0 radical (unpaired) electrons. The summed E-state index contributed by atoms with van der Waals surface area (Å²) >= 11 is 0. The van der Waals surface area contributed by atoms with Crippen LogP contribution in [0.4, 0.5) is 0 Å². The Labute approximate surface area is 124 Å². The molecular formula is C17H20N4. The van der Waals surface area contributed by atoms with Crippen LogP contribution in [0.25, 0.3) is 17.0 Å². The molecule has 0 spiro atoms. The summed E-state index contributed by atoms with van der Waals surface area (Å²) in [6, 6.07) is 10.4. The van der Waals surface area contributed by atoms with E-state index in [2.05, 4.69) is 55.0 Å². The van der Waals surface area contributed by atoms with Gasteiger partial charge < -0.3 is 5.73 Å². The van der Waals surface area contributed by atoms with Crippen molar-refractivity contribution in [3.05, 3.63) is 54.0 Å². The average Bonchev–Trinajstić information content (AvgIpc) is 2.85. The second-order valence-corrected chi connectivity index (χ2v) is 6.23. The molecule has 2 heterocycles. The van der Waals surface area contributed by atoms with E-state index in [0.29, 0.717) is 12.3 Å². The van der Waals surface area contributed by atoms with Crippen LogP contribution in [0.1, 0.15) is 32.0 Å². The summed E-state index contributed by atoms with van der Waals surface area (Å²) in [5.41, 5.74) is 10.3. The molecule has 0 bridgehead atoms. The molecule has 4 heteroatoms. The summed E-state index contributed by atoms with van der Waals surface area (Å²) in [5.74, 6) is 0.688. The molecule has 0 amide bonds. The van der Waals surface area contributed by atoms with Crippen LogP contribution in [-0.2, 0) is 12.0 Å². The Kier molecular flexibility index (Phi) is 3.26. The Bertz CT molecular complexity index is 764. The molecule has 0 aliphatic rings. The Balaban J connectivity index is 2.12. The SMILES string of the molecule is CC(C)(C)c1ccc(-c2nc3ncccn3c2CN)cc1. The first kappa shape index (κ1) is 13.8. The first-order valence-electron chi connectivity index (χ1n) is 7.13. The van der Waals surface area contributed by atoms with Crippen LogP contribution in [0.5, 0.6) is 0 Å². The number of nitrogens with two attached hydrogens (primary N) is 1. The van der Waals surface area contributed by atoms with Crippen molar-refractivity contribution < 1.29 is 0 Å². The molecular weight excluding hydrogens is 260 g/mol. The molecule has 0 saturated carbocycles. The highest BCUT2D eigenvalue weighted by atomic mass is 15.1. The fourth-order valence-electron chi connectivity index (χ4n) is 2.49. The fourth-order valence-corrected chi connectivity index (χ4v) is 2.49. The lowest BCUT2D eigenvalue weighted by Gasteiger charge is -2.19. The van der Waals surface area contributed by atoms with Gasteiger partial charge in [-0.05, 0) is 17.0 Å². The van der Waals surface area contributed by atoms with E-state index in [1.807, 2.05) is 16.7 Å². The lowest BCUT2D eigenvalue weighted by Crippen LogP contribution is -2.10. The van der Waals surface area contributed by atoms with E-state index in [-0.39, 0.29) is 5.41 Å². The number of fused-ring (bicyclic) bond motifs is 1. The van der Waals surface area contributed by atoms with Crippen molar-refractivity contribution in [2.24, 2.45) is 5.73 Å². The van der Waals surface area contributed by atoms with Gasteiger partial charge in [0.1, 0.15) is 0 Å². The zero-order chi connectivity index (χ0) is 15.0. The van der Waals surface area contributed by atoms with Gasteiger partial charge in [-0.1, -0.05) is 45.0 Å². The van der Waals surface area contributed by atoms with Crippen molar-refractivity contribution in [3.63, 3.8) is 0 Å². The topological polar surface area (TPSA) is 56.2 Å². The van der Waals surface area contributed by atoms with Gasteiger partial charge in [-0.25, -0.2) is 9.97 Å². The van der Waals surface area contributed by atoms with Gasteiger partial charge in [0, 0.05) is 24.5 Å². The van der Waals surface area contributed by atoms with E-state index in [0.717, 1.165) is 17.0 Å². The summed E-state index contributed by atoms with van der Waals surface area (Å²) in [7, 11) is 0. The summed E-state index contributed by atoms with van der Waals surface area (Å²) in [6.07, 6.45) is 3.69. The van der Waals surface area contributed by atoms with Crippen molar-refractivity contribution in [2.45, 2.75) is 32.7 Å². The molecule has 3 aromatic rings. The first-order chi connectivity index (χ1) is 10.0. The van der Waals surface area contributed by atoms with E-state index < -0.39 is 0 Å². The molecule has 0 atom stereocenters. The van der Waals surface area contributed by atoms with Gasteiger partial charge in [-0.3, -0.25) is 4.40 Å². The maximum absolute atomic E-state index is 5.91. The average molecular weight is 280 g/mol. The third-order valence-corrected chi connectivity index (χ3v) is 3.72. The minimum Gasteiger partial charge on any atom is -0.325 e. The lowest BCUT2D eigenvalue weighted by atomic mass is 9.86. The van der Waals surface area contributed by atoms with E-state index in [1.54, 1.807) is 6.20 Å². The van der Waals surface area contributed by atoms with Crippen molar-refractivity contribution in [1.82, 2.24) is 14.4 Å². The molecule has 0 aliphatic heterocycles. The number of rotatable bonds is 2. The molecule has 0 fully saturated rings. The van der Waals surface area contributed by atoms with Crippen LogP contribution in [0.2, 0.25) is 0 Å². The van der Waals surface area contributed by atoms with E-state index in [9.17, 15) is 0 Å². The highest BCUT2D eigenvalue weighted by Crippen LogP contribution is 2.27. The van der Waals surface area contributed by atoms with Gasteiger partial charge >= 0.3 is 0 Å². The number of nitrogens with zero attached hydrogens (tertiary/aromatic N) is 3. The second-order valence-electron chi connectivity index (χ2n) is 6.23. The molecule has 108 valence electrons. The van der Waals surface area contributed by atoms with Crippen LogP contribution in [-0.4, -0.2) is 14.4 Å². The number of imidazole rings is 1. The van der Waals surface area contributed by atoms with E-state index >= 15 is 0 Å². The summed E-state index contributed by atoms with van der Waals surface area (Å²) in [5, 5.41) is 0. The van der Waals surface area contributed by atoms with Gasteiger partial charge in [0.05, 0.1) is 11.4 Å². The molecule has 0 saturated heterocycles.